The van der Waals surface area contributed by atoms with Crippen LogP contribution in [-0.4, -0.2) is 9.97 Å². The Bertz CT molecular complexity index is 3220. The third kappa shape index (κ3) is 5.87. The van der Waals surface area contributed by atoms with E-state index < -0.39 is 0 Å². The van der Waals surface area contributed by atoms with E-state index in [9.17, 15) is 0 Å². The fourth-order valence-corrected chi connectivity index (χ4v) is 9.34. The average Bonchev–Trinajstić information content (AvgIpc) is 3.54. The van der Waals surface area contributed by atoms with Gasteiger partial charge in [-0.2, -0.15) is 0 Å². The van der Waals surface area contributed by atoms with Crippen LogP contribution in [0.3, 0.4) is 0 Å². The Balaban J connectivity index is 1.09. The molecule has 0 N–H and O–H groups in total. The van der Waals surface area contributed by atoms with Crippen molar-refractivity contribution < 1.29 is 0 Å². The highest BCUT2D eigenvalue weighted by Crippen LogP contribution is 2.52. The highest BCUT2D eigenvalue weighted by molar-refractivity contribution is 6.07. The normalized spacial score (nSPS) is 12.7. The maximum absolute atomic E-state index is 5.33. The fraction of sp³-hybridized carbons (Fsp3) is 0.0526. The number of hydrogen-bond donors (Lipinski definition) is 0. The molecule has 0 fully saturated rings. The summed E-state index contributed by atoms with van der Waals surface area (Å²) in [7, 11) is 0. The monoisotopic (exact) mass is 752 g/mol. The predicted octanol–water partition coefficient (Wildman–Crippen LogP) is 15.1. The van der Waals surface area contributed by atoms with Gasteiger partial charge >= 0.3 is 0 Å². The molecule has 0 amide bonds. The molecule has 1 aliphatic carbocycles. The van der Waals surface area contributed by atoms with Crippen molar-refractivity contribution in [2.75, 3.05) is 0 Å². The second kappa shape index (κ2) is 13.9. The molecule has 1 aliphatic rings. The molecule has 0 bridgehead atoms. The zero-order chi connectivity index (χ0) is 39.5. The van der Waals surface area contributed by atoms with E-state index in [-0.39, 0.29) is 5.41 Å². The lowest BCUT2D eigenvalue weighted by atomic mass is 9.81. The van der Waals surface area contributed by atoms with Crippen LogP contribution in [0.4, 0.5) is 0 Å². The van der Waals surface area contributed by atoms with Crippen molar-refractivity contribution in [2.24, 2.45) is 0 Å². The molecule has 278 valence electrons. The number of aromatic nitrogens is 2. The van der Waals surface area contributed by atoms with Crippen LogP contribution in [0.15, 0.2) is 206 Å². The first-order chi connectivity index (χ1) is 29.0. The van der Waals surface area contributed by atoms with Gasteiger partial charge in [-0.15, -0.1) is 0 Å². The molecule has 0 saturated heterocycles. The molecule has 0 saturated carbocycles. The van der Waals surface area contributed by atoms with Gasteiger partial charge in [-0.05, 0) is 95.4 Å². The number of benzene rings is 9. The van der Waals surface area contributed by atoms with Gasteiger partial charge in [0, 0.05) is 22.1 Å². The van der Waals surface area contributed by atoms with Gasteiger partial charge in [-0.3, -0.25) is 0 Å². The lowest BCUT2D eigenvalue weighted by molar-refractivity contribution is 0.661. The van der Waals surface area contributed by atoms with Crippen LogP contribution in [0.1, 0.15) is 25.0 Å². The molecule has 0 unspecified atom stereocenters. The largest absolute Gasteiger partial charge is 0.228 e. The summed E-state index contributed by atoms with van der Waals surface area (Å²) < 4.78 is 0. The molecule has 1 aromatic heterocycles. The highest BCUT2D eigenvalue weighted by atomic mass is 14.9. The van der Waals surface area contributed by atoms with Crippen molar-refractivity contribution in [3.05, 3.63) is 217 Å². The Labute approximate surface area is 345 Å². The SMILES string of the molecule is CC1(C)c2ccc(-c3ccc(-c4cc(-c5ccc(-c6ccccc6)cc5-c5ccccc5)nc(-c5ccccc5)n4)c4ccccc34)cc2-c2c1ccc1ccccc21. The molecule has 11 rings (SSSR count). The van der Waals surface area contributed by atoms with Crippen LogP contribution in [0, 0.1) is 0 Å². The molecule has 9 aromatic carbocycles. The van der Waals surface area contributed by atoms with E-state index in [0.29, 0.717) is 5.82 Å². The molecule has 1 heterocycles. The van der Waals surface area contributed by atoms with Gasteiger partial charge in [0.15, 0.2) is 5.82 Å². The van der Waals surface area contributed by atoms with E-state index >= 15 is 0 Å². The lowest BCUT2D eigenvalue weighted by Crippen LogP contribution is -2.14. The van der Waals surface area contributed by atoms with E-state index in [4.69, 9.17) is 9.97 Å². The summed E-state index contributed by atoms with van der Waals surface area (Å²) in [6.45, 7) is 4.72. The molecular weight excluding hydrogens is 713 g/mol. The van der Waals surface area contributed by atoms with Crippen molar-refractivity contribution >= 4 is 21.5 Å². The van der Waals surface area contributed by atoms with Gasteiger partial charge in [-0.1, -0.05) is 202 Å². The van der Waals surface area contributed by atoms with Gasteiger partial charge < -0.3 is 0 Å². The topological polar surface area (TPSA) is 25.8 Å². The first kappa shape index (κ1) is 34.8. The maximum Gasteiger partial charge on any atom is 0.160 e. The second-order valence-corrected chi connectivity index (χ2v) is 16.1. The zero-order valence-electron chi connectivity index (χ0n) is 33.0. The molecular formula is C57H40N2. The zero-order valence-corrected chi connectivity index (χ0v) is 33.0. The summed E-state index contributed by atoms with van der Waals surface area (Å²) in [6, 6.07) is 74.3. The minimum Gasteiger partial charge on any atom is -0.228 e. The van der Waals surface area contributed by atoms with Crippen LogP contribution in [0.2, 0.25) is 0 Å². The Morgan fingerprint density at radius 1 is 0.322 bits per heavy atom. The summed E-state index contributed by atoms with van der Waals surface area (Å²) in [6.07, 6.45) is 0. The number of nitrogens with zero attached hydrogens (tertiary/aromatic N) is 2. The van der Waals surface area contributed by atoms with E-state index in [1.54, 1.807) is 0 Å². The standard InChI is InChI=1S/C57H40N2/c1-57(2)51-32-28-42(35-50(51)55-44-23-13-12-20-39(44)27-33-52(55)57)43-30-31-47(46-25-15-14-24-45(43)46)53-36-54(59-56(58-53)40-21-10-5-11-22-40)48-29-26-41(37-16-6-3-7-17-37)34-49(48)38-18-8-4-9-19-38/h3-36H,1-2H3. The van der Waals surface area contributed by atoms with Crippen molar-refractivity contribution in [2.45, 2.75) is 19.3 Å². The third-order valence-electron chi connectivity index (χ3n) is 12.3. The molecule has 59 heavy (non-hydrogen) atoms. The number of hydrogen-bond acceptors (Lipinski definition) is 2. The highest BCUT2D eigenvalue weighted by Gasteiger charge is 2.36. The van der Waals surface area contributed by atoms with Gasteiger partial charge in [-0.25, -0.2) is 9.97 Å². The average molecular weight is 753 g/mol. The summed E-state index contributed by atoms with van der Waals surface area (Å²) in [5, 5.41) is 4.94. The van der Waals surface area contributed by atoms with E-state index in [2.05, 4.69) is 214 Å². The van der Waals surface area contributed by atoms with Gasteiger partial charge in [0.25, 0.3) is 0 Å². The molecule has 0 spiro atoms. The lowest BCUT2D eigenvalue weighted by Gasteiger charge is -2.22. The van der Waals surface area contributed by atoms with Crippen molar-refractivity contribution in [3.8, 4) is 78.4 Å². The third-order valence-corrected chi connectivity index (χ3v) is 12.3. The minimum atomic E-state index is -0.0808. The molecule has 0 radical (unpaired) electrons. The fourth-order valence-electron chi connectivity index (χ4n) is 9.34. The van der Waals surface area contributed by atoms with Crippen LogP contribution >= 0.6 is 0 Å². The van der Waals surface area contributed by atoms with Gasteiger partial charge in [0.1, 0.15) is 0 Å². The Kier molecular flexibility index (Phi) is 8.20. The van der Waals surface area contributed by atoms with E-state index in [1.165, 1.54) is 60.7 Å². The van der Waals surface area contributed by atoms with Gasteiger partial charge in [0.2, 0.25) is 0 Å². The smallest absolute Gasteiger partial charge is 0.160 e. The molecule has 10 aromatic rings. The molecule has 2 nitrogen and oxygen atoms in total. The van der Waals surface area contributed by atoms with Crippen LogP contribution in [-0.2, 0) is 5.41 Å². The molecule has 0 atom stereocenters. The van der Waals surface area contributed by atoms with Crippen LogP contribution in [0.25, 0.3) is 100.0 Å². The quantitative estimate of drug-likeness (QED) is 0.169. The molecule has 0 aliphatic heterocycles. The summed E-state index contributed by atoms with van der Waals surface area (Å²) in [5.41, 5.74) is 17.3. The summed E-state index contributed by atoms with van der Waals surface area (Å²) in [5.74, 6) is 0.699. The van der Waals surface area contributed by atoms with Crippen LogP contribution in [0.5, 0.6) is 0 Å². The Morgan fingerprint density at radius 3 is 1.58 bits per heavy atom. The first-order valence-electron chi connectivity index (χ1n) is 20.4. The predicted molar refractivity (Wildman–Crippen MR) is 247 cm³/mol. The van der Waals surface area contributed by atoms with E-state index in [1.807, 2.05) is 6.07 Å². The first-order valence-corrected chi connectivity index (χ1v) is 20.4. The minimum absolute atomic E-state index is 0.0808. The second-order valence-electron chi connectivity index (χ2n) is 16.1. The van der Waals surface area contributed by atoms with Crippen molar-refractivity contribution in [1.82, 2.24) is 9.97 Å². The van der Waals surface area contributed by atoms with Crippen LogP contribution < -0.4 is 0 Å². The maximum atomic E-state index is 5.33. The summed E-state index contributed by atoms with van der Waals surface area (Å²) >= 11 is 0. The Hall–Kier alpha value is -7.42. The molecule has 2 heteroatoms. The van der Waals surface area contributed by atoms with Crippen molar-refractivity contribution in [1.29, 1.82) is 0 Å². The summed E-state index contributed by atoms with van der Waals surface area (Å²) in [4.78, 5) is 10.6. The van der Waals surface area contributed by atoms with E-state index in [0.717, 1.165) is 44.6 Å². The number of rotatable bonds is 6. The Morgan fingerprint density at radius 2 is 0.847 bits per heavy atom. The van der Waals surface area contributed by atoms with Crippen molar-refractivity contribution in [3.63, 3.8) is 0 Å². The van der Waals surface area contributed by atoms with Gasteiger partial charge in [0.05, 0.1) is 11.4 Å². The number of fused-ring (bicyclic) bond motifs is 6.